The zero-order valence-electron chi connectivity index (χ0n) is 20.7. The van der Waals surface area contributed by atoms with Gasteiger partial charge in [0.05, 0.1) is 13.5 Å². The highest BCUT2D eigenvalue weighted by molar-refractivity contribution is 6.30. The number of hydrogen-bond acceptors (Lipinski definition) is 4. The molecule has 0 aliphatic carbocycles. The first kappa shape index (κ1) is 25.4. The monoisotopic (exact) mass is 498 g/mol. The van der Waals surface area contributed by atoms with Gasteiger partial charge in [-0.05, 0) is 50.5 Å². The molecule has 2 aromatic carbocycles. The van der Waals surface area contributed by atoms with Crippen molar-refractivity contribution in [3.63, 3.8) is 0 Å². The van der Waals surface area contributed by atoms with Crippen LogP contribution in [0.2, 0.25) is 5.02 Å². The first-order chi connectivity index (χ1) is 16.9. The molecule has 2 heterocycles. The molecule has 0 aromatic heterocycles. The average Bonchev–Trinajstić information content (AvgIpc) is 2.86. The smallest absolute Gasteiger partial charge is 0.227 e. The zero-order valence-corrected chi connectivity index (χ0v) is 21.4. The van der Waals surface area contributed by atoms with Gasteiger partial charge in [-0.1, -0.05) is 35.4 Å². The molecular formula is C28H35ClN2O4. The quantitative estimate of drug-likeness (QED) is 0.545. The van der Waals surface area contributed by atoms with Gasteiger partial charge in [-0.25, -0.2) is 0 Å². The highest BCUT2D eigenvalue weighted by Crippen LogP contribution is 2.29. The molecule has 4 rings (SSSR count). The number of likely N-dealkylation sites (tertiary alicyclic amines) is 2. The standard InChI is InChI=1S/C28H35ClN2O4/c1-20-9-10-25(34-2)21(15-20)16-28(33)31-14-11-26(35-24-8-6-7-23(29)18-24)22(19-31)17-27(32)30-12-4-3-5-13-30/h6-10,15,18,22,26H,3-5,11-14,16-17,19H2,1-2H3/t22-,26-/m0/s1. The Balaban J connectivity index is 1.47. The molecule has 0 radical (unpaired) electrons. The van der Waals surface area contributed by atoms with Crippen molar-refractivity contribution in [1.82, 2.24) is 9.80 Å². The van der Waals surface area contributed by atoms with Crippen LogP contribution in [-0.4, -0.2) is 61.0 Å². The molecule has 188 valence electrons. The molecule has 2 aromatic rings. The second-order valence-electron chi connectivity index (χ2n) is 9.64. The first-order valence-corrected chi connectivity index (χ1v) is 12.9. The van der Waals surface area contributed by atoms with Gasteiger partial charge in [0.25, 0.3) is 0 Å². The van der Waals surface area contributed by atoms with E-state index in [1.54, 1.807) is 13.2 Å². The van der Waals surface area contributed by atoms with Crippen LogP contribution in [0.15, 0.2) is 42.5 Å². The van der Waals surface area contributed by atoms with Crippen molar-refractivity contribution >= 4 is 23.4 Å². The summed E-state index contributed by atoms with van der Waals surface area (Å²) in [7, 11) is 1.62. The Labute approximate surface area is 213 Å². The number of aryl methyl sites for hydroxylation is 1. The molecule has 2 atom stereocenters. The van der Waals surface area contributed by atoms with Crippen LogP contribution in [0.5, 0.6) is 11.5 Å². The molecule has 0 unspecified atom stereocenters. The average molecular weight is 499 g/mol. The lowest BCUT2D eigenvalue weighted by atomic mass is 9.90. The molecule has 7 heteroatoms. The minimum atomic E-state index is -0.153. The third-order valence-electron chi connectivity index (χ3n) is 7.02. The molecule has 2 amide bonds. The summed E-state index contributed by atoms with van der Waals surface area (Å²) >= 11 is 6.16. The topological polar surface area (TPSA) is 59.1 Å². The van der Waals surface area contributed by atoms with E-state index in [1.807, 2.05) is 53.1 Å². The van der Waals surface area contributed by atoms with E-state index in [2.05, 4.69) is 0 Å². The second kappa shape index (κ2) is 11.8. The summed E-state index contributed by atoms with van der Waals surface area (Å²) in [6, 6.07) is 13.2. The fourth-order valence-corrected chi connectivity index (χ4v) is 5.30. The lowest BCUT2D eigenvalue weighted by Crippen LogP contribution is -2.50. The van der Waals surface area contributed by atoms with E-state index in [0.29, 0.717) is 36.7 Å². The van der Waals surface area contributed by atoms with E-state index in [-0.39, 0.29) is 30.3 Å². The van der Waals surface area contributed by atoms with Gasteiger partial charge >= 0.3 is 0 Å². The Morgan fingerprint density at radius 1 is 1.00 bits per heavy atom. The molecule has 0 saturated carbocycles. The summed E-state index contributed by atoms with van der Waals surface area (Å²) in [6.45, 7) is 4.74. The Bertz CT molecular complexity index is 1040. The van der Waals surface area contributed by atoms with E-state index in [9.17, 15) is 9.59 Å². The predicted molar refractivity (Wildman–Crippen MR) is 137 cm³/mol. The number of rotatable bonds is 7. The predicted octanol–water partition coefficient (Wildman–Crippen LogP) is 4.90. The van der Waals surface area contributed by atoms with Gasteiger partial charge in [0.15, 0.2) is 0 Å². The van der Waals surface area contributed by atoms with Gasteiger partial charge in [-0.3, -0.25) is 9.59 Å². The molecule has 35 heavy (non-hydrogen) atoms. The minimum Gasteiger partial charge on any atom is -0.496 e. The molecule has 0 N–H and O–H groups in total. The van der Waals surface area contributed by atoms with Crippen LogP contribution in [0, 0.1) is 12.8 Å². The molecule has 2 aliphatic rings. The van der Waals surface area contributed by atoms with E-state index in [4.69, 9.17) is 21.1 Å². The fourth-order valence-electron chi connectivity index (χ4n) is 5.12. The number of methoxy groups -OCH3 is 1. The Hall–Kier alpha value is -2.73. The van der Waals surface area contributed by atoms with Crippen LogP contribution in [0.4, 0.5) is 0 Å². The molecule has 2 aliphatic heterocycles. The lowest BCUT2D eigenvalue weighted by Gasteiger charge is -2.39. The number of hydrogen-bond donors (Lipinski definition) is 0. The first-order valence-electron chi connectivity index (χ1n) is 12.5. The van der Waals surface area contributed by atoms with Crippen molar-refractivity contribution in [2.75, 3.05) is 33.3 Å². The van der Waals surface area contributed by atoms with Crippen LogP contribution in [0.3, 0.4) is 0 Å². The Morgan fingerprint density at radius 2 is 1.80 bits per heavy atom. The number of ether oxygens (including phenoxy) is 2. The van der Waals surface area contributed by atoms with Crippen molar-refractivity contribution in [3.8, 4) is 11.5 Å². The molecular weight excluding hydrogens is 464 g/mol. The van der Waals surface area contributed by atoms with Crippen LogP contribution >= 0.6 is 11.6 Å². The van der Waals surface area contributed by atoms with Gasteiger partial charge in [-0.2, -0.15) is 0 Å². The second-order valence-corrected chi connectivity index (χ2v) is 10.1. The number of benzene rings is 2. The van der Waals surface area contributed by atoms with Crippen molar-refractivity contribution in [1.29, 1.82) is 0 Å². The normalized spacial score (nSPS) is 20.4. The third kappa shape index (κ3) is 6.69. The molecule has 2 saturated heterocycles. The summed E-state index contributed by atoms with van der Waals surface area (Å²) in [5, 5.41) is 0.614. The Morgan fingerprint density at radius 3 is 2.54 bits per heavy atom. The maximum atomic E-state index is 13.3. The zero-order chi connectivity index (χ0) is 24.8. The maximum Gasteiger partial charge on any atom is 0.227 e. The van der Waals surface area contributed by atoms with Crippen molar-refractivity contribution in [3.05, 3.63) is 58.6 Å². The van der Waals surface area contributed by atoms with Crippen molar-refractivity contribution in [2.45, 2.75) is 51.6 Å². The van der Waals surface area contributed by atoms with E-state index in [1.165, 1.54) is 6.42 Å². The molecule has 0 spiro atoms. The van der Waals surface area contributed by atoms with E-state index >= 15 is 0 Å². The van der Waals surface area contributed by atoms with Crippen molar-refractivity contribution in [2.24, 2.45) is 5.92 Å². The van der Waals surface area contributed by atoms with Gasteiger partial charge in [-0.15, -0.1) is 0 Å². The van der Waals surface area contributed by atoms with Gasteiger partial charge < -0.3 is 19.3 Å². The van der Waals surface area contributed by atoms with Gasteiger partial charge in [0, 0.05) is 55.5 Å². The largest absolute Gasteiger partial charge is 0.496 e. The number of piperidine rings is 2. The van der Waals surface area contributed by atoms with Crippen LogP contribution in [0.25, 0.3) is 0 Å². The molecule has 6 nitrogen and oxygen atoms in total. The van der Waals surface area contributed by atoms with Gasteiger partial charge in [0.2, 0.25) is 11.8 Å². The van der Waals surface area contributed by atoms with Crippen LogP contribution in [0.1, 0.15) is 43.2 Å². The van der Waals surface area contributed by atoms with Crippen molar-refractivity contribution < 1.29 is 19.1 Å². The highest BCUT2D eigenvalue weighted by Gasteiger charge is 2.35. The number of nitrogens with zero attached hydrogens (tertiary/aromatic N) is 2. The molecule has 2 fully saturated rings. The summed E-state index contributed by atoms with van der Waals surface area (Å²) in [5.74, 6) is 1.54. The van der Waals surface area contributed by atoms with E-state index in [0.717, 1.165) is 42.8 Å². The third-order valence-corrected chi connectivity index (χ3v) is 7.26. The fraction of sp³-hybridized carbons (Fsp3) is 0.500. The number of amides is 2. The maximum absolute atomic E-state index is 13.3. The molecule has 0 bridgehead atoms. The minimum absolute atomic E-state index is 0.0468. The summed E-state index contributed by atoms with van der Waals surface area (Å²) in [4.78, 5) is 30.3. The van der Waals surface area contributed by atoms with Gasteiger partial charge in [0.1, 0.15) is 17.6 Å². The summed E-state index contributed by atoms with van der Waals surface area (Å²) < 4.78 is 11.8. The Kier molecular flexibility index (Phi) is 8.55. The van der Waals surface area contributed by atoms with E-state index < -0.39 is 0 Å². The number of halogens is 1. The summed E-state index contributed by atoms with van der Waals surface area (Å²) in [6.07, 6.45) is 4.46. The summed E-state index contributed by atoms with van der Waals surface area (Å²) in [5.41, 5.74) is 1.97. The van der Waals surface area contributed by atoms with Crippen LogP contribution < -0.4 is 9.47 Å². The lowest BCUT2D eigenvalue weighted by molar-refractivity contribution is -0.139. The number of carbonyl (C=O) groups excluding carboxylic acids is 2. The number of carbonyl (C=O) groups is 2. The highest BCUT2D eigenvalue weighted by atomic mass is 35.5. The SMILES string of the molecule is COc1ccc(C)cc1CC(=O)N1CC[C@H](Oc2cccc(Cl)c2)[C@@H](CC(=O)N2CCCCC2)C1. The van der Waals surface area contributed by atoms with Crippen LogP contribution in [-0.2, 0) is 16.0 Å².